The molecule has 1 saturated heterocycles. The number of likely N-dealkylation sites (tertiary alicyclic amines) is 1. The lowest BCUT2D eigenvalue weighted by molar-refractivity contribution is 0.0705. The zero-order chi connectivity index (χ0) is 17.3. The minimum absolute atomic E-state index is 0.0450. The Balaban J connectivity index is 1.65. The third-order valence-electron chi connectivity index (χ3n) is 3.94. The highest BCUT2D eigenvalue weighted by atomic mass is 35.5. The summed E-state index contributed by atoms with van der Waals surface area (Å²) in [4.78, 5) is 14.2. The fourth-order valence-corrected chi connectivity index (χ4v) is 3.29. The molecule has 2 heterocycles. The Morgan fingerprint density at radius 3 is 2.58 bits per heavy atom. The molecule has 1 fully saturated rings. The van der Waals surface area contributed by atoms with Crippen LogP contribution < -0.4 is 0 Å². The Morgan fingerprint density at radius 1 is 1.29 bits per heavy atom. The molecule has 2 aromatic rings. The number of sulfone groups is 1. The van der Waals surface area contributed by atoms with E-state index in [1.165, 1.54) is 0 Å². The van der Waals surface area contributed by atoms with Gasteiger partial charge in [0, 0.05) is 35.8 Å². The molecule has 1 aliphatic rings. The number of aromatic nitrogens is 2. The van der Waals surface area contributed by atoms with Crippen LogP contribution in [0.2, 0.25) is 5.02 Å². The molecule has 1 aromatic carbocycles. The first-order chi connectivity index (χ1) is 11.3. The van der Waals surface area contributed by atoms with E-state index in [0.717, 1.165) is 6.26 Å². The Labute approximate surface area is 144 Å². The lowest BCUT2D eigenvalue weighted by Crippen LogP contribution is -2.38. The Bertz CT molecular complexity index is 857. The summed E-state index contributed by atoms with van der Waals surface area (Å²) in [7, 11) is -3.50. The predicted octanol–water partition coefficient (Wildman–Crippen LogP) is 2.15. The van der Waals surface area contributed by atoms with Gasteiger partial charge in [-0.2, -0.15) is 0 Å². The Kier molecular flexibility index (Phi) is 4.60. The maximum Gasteiger partial charge on any atom is 0.335 e. The molecule has 0 atom stereocenters. The van der Waals surface area contributed by atoms with Crippen molar-refractivity contribution >= 4 is 27.3 Å². The molecule has 1 aliphatic heterocycles. The minimum Gasteiger partial charge on any atom is -0.412 e. The second-order valence-corrected chi connectivity index (χ2v) is 8.09. The lowest BCUT2D eigenvalue weighted by Gasteiger charge is -2.30. The van der Waals surface area contributed by atoms with E-state index >= 15 is 0 Å². The summed E-state index contributed by atoms with van der Waals surface area (Å²) < 4.78 is 28.0. The smallest absolute Gasteiger partial charge is 0.335 e. The minimum atomic E-state index is -3.50. The number of amides is 1. The lowest BCUT2D eigenvalue weighted by atomic mass is 9.96. The van der Waals surface area contributed by atoms with E-state index in [0.29, 0.717) is 42.4 Å². The van der Waals surface area contributed by atoms with Crippen LogP contribution in [0.25, 0.3) is 0 Å². The standard InChI is InChI=1S/C15H16ClN3O4S/c1-24(21,22)15-18-17-13(23-15)10-5-7-19(8-6-10)14(20)11-3-2-4-12(16)9-11/h2-4,9-10H,5-8H2,1H3. The van der Waals surface area contributed by atoms with Gasteiger partial charge in [0.15, 0.2) is 0 Å². The van der Waals surface area contributed by atoms with Crippen LogP contribution >= 0.6 is 11.6 Å². The number of carbonyl (C=O) groups excluding carboxylic acids is 1. The largest absolute Gasteiger partial charge is 0.412 e. The van der Waals surface area contributed by atoms with E-state index in [1.807, 2.05) is 0 Å². The van der Waals surface area contributed by atoms with Gasteiger partial charge in [0.1, 0.15) is 0 Å². The monoisotopic (exact) mass is 369 g/mol. The van der Waals surface area contributed by atoms with E-state index < -0.39 is 9.84 Å². The van der Waals surface area contributed by atoms with E-state index in [9.17, 15) is 13.2 Å². The maximum absolute atomic E-state index is 12.5. The van der Waals surface area contributed by atoms with Gasteiger partial charge < -0.3 is 9.32 Å². The first-order valence-electron chi connectivity index (χ1n) is 7.43. The summed E-state index contributed by atoms with van der Waals surface area (Å²) in [6.07, 6.45) is 2.30. The molecule has 9 heteroatoms. The number of nitrogens with zero attached hydrogens (tertiary/aromatic N) is 3. The third kappa shape index (κ3) is 3.59. The van der Waals surface area contributed by atoms with Gasteiger partial charge in [-0.25, -0.2) is 8.42 Å². The zero-order valence-electron chi connectivity index (χ0n) is 13.0. The normalized spacial score (nSPS) is 16.3. The van der Waals surface area contributed by atoms with Crippen LogP contribution in [0.3, 0.4) is 0 Å². The number of piperidine rings is 1. The Hall–Kier alpha value is -1.93. The predicted molar refractivity (Wildman–Crippen MR) is 86.7 cm³/mol. The summed E-state index contributed by atoms with van der Waals surface area (Å²) in [5, 5.41) is 7.56. The van der Waals surface area contributed by atoms with Gasteiger partial charge in [0.2, 0.25) is 15.7 Å². The van der Waals surface area contributed by atoms with Crippen LogP contribution in [0, 0.1) is 0 Å². The Morgan fingerprint density at radius 2 is 2.00 bits per heavy atom. The van der Waals surface area contributed by atoms with Crippen molar-refractivity contribution in [2.24, 2.45) is 0 Å². The summed E-state index contributed by atoms with van der Waals surface area (Å²) >= 11 is 5.92. The maximum atomic E-state index is 12.5. The third-order valence-corrected chi connectivity index (χ3v) is 4.98. The summed E-state index contributed by atoms with van der Waals surface area (Å²) in [6.45, 7) is 1.07. The number of hydrogen-bond donors (Lipinski definition) is 0. The van der Waals surface area contributed by atoms with Gasteiger partial charge in [-0.3, -0.25) is 4.79 Å². The fourth-order valence-electron chi connectivity index (χ4n) is 2.67. The molecule has 0 bridgehead atoms. The van der Waals surface area contributed by atoms with Crippen LogP contribution in [-0.2, 0) is 9.84 Å². The van der Waals surface area contributed by atoms with Gasteiger partial charge in [-0.15, -0.1) is 5.10 Å². The SMILES string of the molecule is CS(=O)(=O)c1nnc(C2CCN(C(=O)c3cccc(Cl)c3)CC2)o1. The van der Waals surface area contributed by atoms with Gasteiger partial charge in [-0.05, 0) is 31.0 Å². The number of benzene rings is 1. The highest BCUT2D eigenvalue weighted by Crippen LogP contribution is 2.28. The second kappa shape index (κ2) is 6.52. The molecular formula is C15H16ClN3O4S. The van der Waals surface area contributed by atoms with Crippen molar-refractivity contribution < 1.29 is 17.6 Å². The van der Waals surface area contributed by atoms with Crippen molar-refractivity contribution in [1.29, 1.82) is 0 Å². The average Bonchev–Trinajstić information content (AvgIpc) is 3.04. The molecule has 1 amide bonds. The molecule has 0 aliphatic carbocycles. The summed E-state index contributed by atoms with van der Waals surface area (Å²) in [5.74, 6) is 0.194. The zero-order valence-corrected chi connectivity index (χ0v) is 14.5. The van der Waals surface area contributed by atoms with Gasteiger partial charge in [-0.1, -0.05) is 22.8 Å². The average molecular weight is 370 g/mol. The molecule has 0 N–H and O–H groups in total. The quantitative estimate of drug-likeness (QED) is 0.822. The first-order valence-corrected chi connectivity index (χ1v) is 9.70. The van der Waals surface area contributed by atoms with Gasteiger partial charge in [0.25, 0.3) is 5.91 Å². The van der Waals surface area contributed by atoms with Crippen LogP contribution in [0.1, 0.15) is 35.0 Å². The van der Waals surface area contributed by atoms with E-state index in [4.69, 9.17) is 16.0 Å². The number of carbonyl (C=O) groups is 1. The van der Waals surface area contributed by atoms with Crippen molar-refractivity contribution in [2.75, 3.05) is 19.3 Å². The van der Waals surface area contributed by atoms with Crippen molar-refractivity contribution in [2.45, 2.75) is 24.0 Å². The highest BCUT2D eigenvalue weighted by Gasteiger charge is 2.29. The van der Waals surface area contributed by atoms with Crippen molar-refractivity contribution in [3.05, 3.63) is 40.7 Å². The molecule has 0 spiro atoms. The van der Waals surface area contributed by atoms with Gasteiger partial charge >= 0.3 is 5.22 Å². The van der Waals surface area contributed by atoms with Crippen LogP contribution in [0.4, 0.5) is 0 Å². The molecular weight excluding hydrogens is 354 g/mol. The van der Waals surface area contributed by atoms with E-state index in [1.54, 1.807) is 29.2 Å². The van der Waals surface area contributed by atoms with Crippen molar-refractivity contribution in [3.8, 4) is 0 Å². The molecule has 3 rings (SSSR count). The van der Waals surface area contributed by atoms with Crippen molar-refractivity contribution in [3.63, 3.8) is 0 Å². The van der Waals surface area contributed by atoms with E-state index in [-0.39, 0.29) is 17.0 Å². The van der Waals surface area contributed by atoms with E-state index in [2.05, 4.69) is 10.2 Å². The molecule has 24 heavy (non-hydrogen) atoms. The highest BCUT2D eigenvalue weighted by molar-refractivity contribution is 7.90. The van der Waals surface area contributed by atoms with Gasteiger partial charge in [0.05, 0.1) is 0 Å². The van der Waals surface area contributed by atoms with Crippen LogP contribution in [0.5, 0.6) is 0 Å². The summed E-state index contributed by atoms with van der Waals surface area (Å²) in [5.41, 5.74) is 0.554. The topological polar surface area (TPSA) is 93.4 Å². The molecule has 0 saturated carbocycles. The van der Waals surface area contributed by atoms with Crippen LogP contribution in [0.15, 0.2) is 33.9 Å². The van der Waals surface area contributed by atoms with Crippen molar-refractivity contribution in [1.82, 2.24) is 15.1 Å². The molecule has 0 radical (unpaired) electrons. The molecule has 0 unspecified atom stereocenters. The van der Waals surface area contributed by atoms with Crippen LogP contribution in [-0.4, -0.2) is 48.8 Å². The molecule has 128 valence electrons. The number of halogens is 1. The number of rotatable bonds is 3. The second-order valence-electron chi connectivity index (χ2n) is 5.76. The molecule has 7 nitrogen and oxygen atoms in total. The summed E-state index contributed by atoms with van der Waals surface area (Å²) in [6, 6.07) is 6.84. The first kappa shape index (κ1) is 16.9. The fraction of sp³-hybridized carbons (Fsp3) is 0.400. The molecule has 1 aromatic heterocycles. The number of hydrogen-bond acceptors (Lipinski definition) is 6.